The van der Waals surface area contributed by atoms with E-state index in [1.54, 1.807) is 12.1 Å². The van der Waals surface area contributed by atoms with Crippen molar-refractivity contribution in [3.05, 3.63) is 27.7 Å². The first-order chi connectivity index (χ1) is 7.66. The second-order valence-electron chi connectivity index (χ2n) is 4.08. The predicted molar refractivity (Wildman–Crippen MR) is 68.0 cm³/mol. The zero-order valence-corrected chi connectivity index (χ0v) is 11.2. The van der Waals surface area contributed by atoms with E-state index in [0.717, 1.165) is 35.9 Å². The molecule has 1 aromatic carbocycles. The topological polar surface area (TPSA) is 29.5 Å². The Balaban J connectivity index is 2.07. The smallest absolute Gasteiger partial charge is 0.134 e. The van der Waals surface area contributed by atoms with Crippen LogP contribution in [0.25, 0.3) is 0 Å². The van der Waals surface area contributed by atoms with Crippen LogP contribution in [-0.4, -0.2) is 17.3 Å². The van der Waals surface area contributed by atoms with Crippen molar-refractivity contribution in [3.63, 3.8) is 0 Å². The monoisotopic (exact) mass is 304 g/mol. The Morgan fingerprint density at radius 2 is 2.06 bits per heavy atom. The minimum absolute atomic E-state index is 0.0915. The highest BCUT2D eigenvalue weighted by atomic mass is 79.9. The second-order valence-corrected chi connectivity index (χ2v) is 5.37. The van der Waals surface area contributed by atoms with Crippen LogP contribution < -0.4 is 4.74 Å². The van der Waals surface area contributed by atoms with Gasteiger partial charge in [-0.05, 0) is 53.4 Å². The number of halogens is 2. The summed E-state index contributed by atoms with van der Waals surface area (Å²) in [5.74, 6) is 0.746. The zero-order chi connectivity index (χ0) is 11.5. The summed E-state index contributed by atoms with van der Waals surface area (Å²) in [6.07, 6.45) is 3.50. The number of aliphatic hydroxyl groups excluding tert-OH is 1. The molecule has 1 aliphatic rings. The van der Waals surface area contributed by atoms with E-state index in [2.05, 4.69) is 15.9 Å². The number of hydrogen-bond donors (Lipinski definition) is 1. The molecule has 0 bridgehead atoms. The lowest BCUT2D eigenvalue weighted by Gasteiger charge is -2.28. The van der Waals surface area contributed by atoms with Crippen molar-refractivity contribution in [3.8, 4) is 5.75 Å². The molecule has 0 amide bonds. The van der Waals surface area contributed by atoms with Crippen molar-refractivity contribution in [1.82, 2.24) is 0 Å². The molecule has 2 nitrogen and oxygen atoms in total. The molecule has 1 fully saturated rings. The minimum Gasteiger partial charge on any atom is -0.487 e. The van der Waals surface area contributed by atoms with Crippen LogP contribution in [0.5, 0.6) is 5.75 Å². The largest absolute Gasteiger partial charge is 0.487 e. The van der Waals surface area contributed by atoms with Crippen molar-refractivity contribution >= 4 is 27.5 Å². The van der Waals surface area contributed by atoms with Crippen molar-refractivity contribution in [2.75, 3.05) is 0 Å². The lowest BCUT2D eigenvalue weighted by atomic mass is 9.95. The van der Waals surface area contributed by atoms with Gasteiger partial charge in [0.05, 0.1) is 10.6 Å². The fraction of sp³-hybridized carbons (Fsp3) is 0.500. The van der Waals surface area contributed by atoms with Gasteiger partial charge in [-0.3, -0.25) is 0 Å². The number of aliphatic hydroxyl groups is 1. The molecule has 0 heterocycles. The van der Waals surface area contributed by atoms with Gasteiger partial charge in [-0.15, -0.1) is 0 Å². The predicted octanol–water partition coefficient (Wildman–Crippen LogP) is 3.78. The lowest BCUT2D eigenvalue weighted by molar-refractivity contribution is 0.00649. The maximum atomic E-state index is 9.81. The molecule has 0 aliphatic heterocycles. The van der Waals surface area contributed by atoms with E-state index in [9.17, 15) is 5.11 Å². The fourth-order valence-corrected chi connectivity index (χ4v) is 2.72. The van der Waals surface area contributed by atoms with E-state index in [-0.39, 0.29) is 12.2 Å². The molecular formula is C12H14BrClO2. The third-order valence-electron chi connectivity index (χ3n) is 2.84. The Hall–Kier alpha value is -0.250. The summed E-state index contributed by atoms with van der Waals surface area (Å²) in [6.45, 7) is 0. The third kappa shape index (κ3) is 2.90. The number of rotatable bonds is 2. The molecule has 0 aromatic heterocycles. The van der Waals surface area contributed by atoms with E-state index in [4.69, 9.17) is 16.3 Å². The van der Waals surface area contributed by atoms with Gasteiger partial charge in [0.25, 0.3) is 0 Å². The Morgan fingerprint density at radius 3 is 2.75 bits per heavy atom. The van der Waals surface area contributed by atoms with E-state index in [1.165, 1.54) is 0 Å². The molecular weight excluding hydrogens is 291 g/mol. The molecule has 1 aliphatic carbocycles. The van der Waals surface area contributed by atoms with Gasteiger partial charge in [0.1, 0.15) is 11.9 Å². The summed E-state index contributed by atoms with van der Waals surface area (Å²) >= 11 is 9.26. The highest BCUT2D eigenvalue weighted by molar-refractivity contribution is 9.10. The van der Waals surface area contributed by atoms with Crippen molar-refractivity contribution in [2.24, 2.45) is 0 Å². The van der Waals surface area contributed by atoms with Gasteiger partial charge in [-0.2, -0.15) is 0 Å². The van der Waals surface area contributed by atoms with Crippen molar-refractivity contribution in [1.29, 1.82) is 0 Å². The number of hydrogen-bond acceptors (Lipinski definition) is 2. The van der Waals surface area contributed by atoms with E-state index in [1.807, 2.05) is 6.07 Å². The summed E-state index contributed by atoms with van der Waals surface area (Å²) in [5.41, 5.74) is 0. The number of benzene rings is 1. The van der Waals surface area contributed by atoms with Gasteiger partial charge < -0.3 is 9.84 Å². The maximum Gasteiger partial charge on any atom is 0.134 e. The molecule has 1 aromatic rings. The van der Waals surface area contributed by atoms with E-state index < -0.39 is 0 Å². The summed E-state index contributed by atoms with van der Waals surface area (Å²) in [6, 6.07) is 5.41. The van der Waals surface area contributed by atoms with Gasteiger partial charge in [0.15, 0.2) is 0 Å². The van der Waals surface area contributed by atoms with Gasteiger partial charge >= 0.3 is 0 Å². The standard InChI is InChI=1S/C12H14BrClO2/c13-9-7-8(14)5-6-11(9)16-12-4-2-1-3-10(12)15/h5-7,10,12,15H,1-4H2/t10-,12-/m1/s1. The average Bonchev–Trinajstić information content (AvgIpc) is 2.25. The zero-order valence-electron chi connectivity index (χ0n) is 8.83. The Labute approximate surface area is 109 Å². The highest BCUT2D eigenvalue weighted by Gasteiger charge is 2.25. The molecule has 4 heteroatoms. The molecule has 1 N–H and O–H groups in total. The van der Waals surface area contributed by atoms with Crippen LogP contribution in [-0.2, 0) is 0 Å². The summed E-state index contributed by atoms with van der Waals surface area (Å²) in [4.78, 5) is 0. The molecule has 16 heavy (non-hydrogen) atoms. The van der Waals surface area contributed by atoms with Crippen molar-refractivity contribution < 1.29 is 9.84 Å². The molecule has 2 rings (SSSR count). The maximum absolute atomic E-state index is 9.81. The van der Waals surface area contributed by atoms with Crippen LogP contribution in [0, 0.1) is 0 Å². The van der Waals surface area contributed by atoms with Gasteiger partial charge in [-0.1, -0.05) is 18.0 Å². The summed E-state index contributed by atoms with van der Waals surface area (Å²) in [5, 5.41) is 10.5. The Bertz CT molecular complexity index is 370. The molecule has 2 atom stereocenters. The van der Waals surface area contributed by atoms with Gasteiger partial charge in [-0.25, -0.2) is 0 Å². The molecule has 0 saturated heterocycles. The first-order valence-corrected chi connectivity index (χ1v) is 6.63. The fourth-order valence-electron chi connectivity index (χ4n) is 1.95. The van der Waals surface area contributed by atoms with Crippen LogP contribution in [0.15, 0.2) is 22.7 Å². The number of ether oxygens (including phenoxy) is 1. The first-order valence-electron chi connectivity index (χ1n) is 5.46. The summed E-state index contributed by atoms with van der Waals surface area (Å²) < 4.78 is 6.63. The van der Waals surface area contributed by atoms with Crippen LogP contribution in [0.4, 0.5) is 0 Å². The van der Waals surface area contributed by atoms with Gasteiger partial charge in [0, 0.05) is 5.02 Å². The molecule has 1 saturated carbocycles. The van der Waals surface area contributed by atoms with Crippen LogP contribution in [0.1, 0.15) is 25.7 Å². The Morgan fingerprint density at radius 1 is 1.31 bits per heavy atom. The minimum atomic E-state index is -0.351. The third-order valence-corrected chi connectivity index (χ3v) is 3.69. The molecule has 0 unspecified atom stereocenters. The molecule has 0 radical (unpaired) electrons. The highest BCUT2D eigenvalue weighted by Crippen LogP contribution is 2.31. The molecule has 88 valence electrons. The van der Waals surface area contributed by atoms with Crippen LogP contribution in [0.3, 0.4) is 0 Å². The summed E-state index contributed by atoms with van der Waals surface area (Å²) in [7, 11) is 0. The molecule has 0 spiro atoms. The van der Waals surface area contributed by atoms with Gasteiger partial charge in [0.2, 0.25) is 0 Å². The van der Waals surface area contributed by atoms with E-state index >= 15 is 0 Å². The average molecular weight is 306 g/mol. The quantitative estimate of drug-likeness (QED) is 0.901. The van der Waals surface area contributed by atoms with Crippen molar-refractivity contribution in [2.45, 2.75) is 37.9 Å². The second kappa shape index (κ2) is 5.39. The Kier molecular flexibility index (Phi) is 4.11. The van der Waals surface area contributed by atoms with Crippen LogP contribution in [0.2, 0.25) is 5.02 Å². The van der Waals surface area contributed by atoms with E-state index in [0.29, 0.717) is 5.02 Å². The lowest BCUT2D eigenvalue weighted by Crippen LogP contribution is -2.34. The SMILES string of the molecule is O[C@@H]1CCCC[C@H]1Oc1ccc(Cl)cc1Br. The first kappa shape index (κ1) is 12.2. The van der Waals surface area contributed by atoms with Crippen LogP contribution >= 0.6 is 27.5 Å². The normalized spacial score (nSPS) is 25.4.